The molecule has 2 unspecified atom stereocenters. The molecule has 1 heterocycles. The monoisotopic (exact) mass is 373 g/mol. The lowest BCUT2D eigenvalue weighted by Gasteiger charge is -2.33. The lowest BCUT2D eigenvalue weighted by molar-refractivity contribution is -0.137. The maximum absolute atomic E-state index is 13.0. The van der Waals surface area contributed by atoms with Gasteiger partial charge in [0.2, 0.25) is 0 Å². The molecule has 0 aliphatic carbocycles. The maximum Gasteiger partial charge on any atom is 0.416 e. The fraction of sp³-hybridized carbons (Fsp3) is 0.391. The topological polar surface area (TPSA) is 12.0 Å². The maximum atomic E-state index is 13.0. The molecule has 144 valence electrons. The summed E-state index contributed by atoms with van der Waals surface area (Å²) in [4.78, 5) is 0. The van der Waals surface area contributed by atoms with Gasteiger partial charge in [-0.3, -0.25) is 0 Å². The summed E-state index contributed by atoms with van der Waals surface area (Å²) in [5.74, 6) is 0.410. The lowest BCUT2D eigenvalue weighted by Crippen LogP contribution is -2.44. The minimum absolute atomic E-state index is 0.212. The first-order valence-corrected chi connectivity index (χ1v) is 9.43. The lowest BCUT2D eigenvalue weighted by atomic mass is 9.85. The Hall–Kier alpha value is -2.07. The van der Waals surface area contributed by atoms with Crippen molar-refractivity contribution in [3.63, 3.8) is 0 Å². The van der Waals surface area contributed by atoms with Gasteiger partial charge < -0.3 is 5.32 Å². The molecule has 2 aromatic carbocycles. The number of nitrogens with one attached hydrogen (secondary N) is 1. The molecular formula is C23H26F3N. The third-order valence-electron chi connectivity index (χ3n) is 5.22. The van der Waals surface area contributed by atoms with E-state index < -0.39 is 11.7 Å². The average molecular weight is 373 g/mol. The van der Waals surface area contributed by atoms with Gasteiger partial charge >= 0.3 is 6.18 Å². The molecule has 2 aromatic rings. The summed E-state index contributed by atoms with van der Waals surface area (Å²) in [5.41, 5.74) is 3.43. The zero-order valence-corrected chi connectivity index (χ0v) is 16.0. The molecule has 2 atom stereocenters. The van der Waals surface area contributed by atoms with E-state index in [1.54, 1.807) is 13.0 Å². The van der Waals surface area contributed by atoms with Crippen molar-refractivity contribution < 1.29 is 13.2 Å². The zero-order chi connectivity index (χ0) is 19.6. The fourth-order valence-electron chi connectivity index (χ4n) is 3.74. The van der Waals surface area contributed by atoms with Gasteiger partial charge in [0, 0.05) is 12.1 Å². The molecule has 1 N–H and O–H groups in total. The van der Waals surface area contributed by atoms with Crippen LogP contribution in [-0.4, -0.2) is 12.1 Å². The number of alkyl halides is 3. The molecule has 0 saturated heterocycles. The Morgan fingerprint density at radius 3 is 2.37 bits per heavy atom. The van der Waals surface area contributed by atoms with Crippen molar-refractivity contribution in [1.29, 1.82) is 0 Å². The van der Waals surface area contributed by atoms with Crippen molar-refractivity contribution in [2.45, 2.75) is 51.9 Å². The van der Waals surface area contributed by atoms with Gasteiger partial charge in [0.05, 0.1) is 5.56 Å². The average Bonchev–Trinajstić information content (AvgIpc) is 2.61. The first-order chi connectivity index (χ1) is 12.7. The number of halogens is 3. The molecule has 4 heteroatoms. The van der Waals surface area contributed by atoms with E-state index in [1.807, 2.05) is 18.2 Å². The number of hydrogen-bond acceptors (Lipinski definition) is 1. The summed E-state index contributed by atoms with van der Waals surface area (Å²) in [7, 11) is 0. The highest BCUT2D eigenvalue weighted by Gasteiger charge is 2.31. The quantitative estimate of drug-likeness (QED) is 0.690. The largest absolute Gasteiger partial charge is 0.416 e. The molecule has 27 heavy (non-hydrogen) atoms. The Bertz CT molecular complexity index is 806. The minimum Gasteiger partial charge on any atom is -0.307 e. The van der Waals surface area contributed by atoms with Crippen LogP contribution in [0.3, 0.4) is 0 Å². The van der Waals surface area contributed by atoms with Crippen molar-refractivity contribution in [2.24, 2.45) is 5.92 Å². The predicted molar refractivity (Wildman–Crippen MR) is 104 cm³/mol. The number of hydrogen-bond donors (Lipinski definition) is 1. The van der Waals surface area contributed by atoms with E-state index in [2.05, 4.69) is 37.4 Å². The van der Waals surface area contributed by atoms with Gasteiger partial charge in [0.25, 0.3) is 0 Å². The second-order valence-corrected chi connectivity index (χ2v) is 7.75. The van der Waals surface area contributed by atoms with Crippen LogP contribution in [0.5, 0.6) is 0 Å². The van der Waals surface area contributed by atoms with E-state index in [4.69, 9.17) is 0 Å². The molecular weight excluding hydrogens is 347 g/mol. The van der Waals surface area contributed by atoms with Crippen molar-refractivity contribution in [3.8, 4) is 0 Å². The summed E-state index contributed by atoms with van der Waals surface area (Å²) >= 11 is 0. The Kier molecular flexibility index (Phi) is 5.75. The minimum atomic E-state index is -4.30. The van der Waals surface area contributed by atoms with Crippen molar-refractivity contribution in [2.75, 3.05) is 0 Å². The summed E-state index contributed by atoms with van der Waals surface area (Å²) in [5, 5.41) is 3.70. The van der Waals surface area contributed by atoms with Gasteiger partial charge in [0.1, 0.15) is 0 Å². The number of rotatable bonds is 4. The van der Waals surface area contributed by atoms with Crippen LogP contribution in [0.15, 0.2) is 54.6 Å². The smallest absolute Gasteiger partial charge is 0.307 e. The molecule has 0 aromatic heterocycles. The molecule has 0 bridgehead atoms. The van der Waals surface area contributed by atoms with Crippen LogP contribution < -0.4 is 5.32 Å². The molecule has 1 aliphatic rings. The molecule has 0 amide bonds. The van der Waals surface area contributed by atoms with E-state index in [-0.39, 0.29) is 12.1 Å². The third kappa shape index (κ3) is 4.81. The molecule has 1 aliphatic heterocycles. The summed E-state index contributed by atoms with van der Waals surface area (Å²) in [6.45, 7) is 6.09. The molecule has 3 rings (SSSR count). The van der Waals surface area contributed by atoms with E-state index >= 15 is 0 Å². The Balaban J connectivity index is 1.88. The van der Waals surface area contributed by atoms with Crippen molar-refractivity contribution >= 4 is 5.57 Å². The molecule has 1 nitrogen and oxygen atoms in total. The number of aryl methyl sites for hydroxylation is 1. The first-order valence-electron chi connectivity index (χ1n) is 9.43. The predicted octanol–water partition coefficient (Wildman–Crippen LogP) is 6.03. The van der Waals surface area contributed by atoms with Gasteiger partial charge in [-0.2, -0.15) is 13.2 Å². The van der Waals surface area contributed by atoms with Gasteiger partial charge in [0.15, 0.2) is 0 Å². The zero-order valence-electron chi connectivity index (χ0n) is 16.0. The normalized spacial score (nSPS) is 20.6. The molecule has 0 spiro atoms. The van der Waals surface area contributed by atoms with Crippen LogP contribution in [0.4, 0.5) is 13.2 Å². The third-order valence-corrected chi connectivity index (χ3v) is 5.22. The van der Waals surface area contributed by atoms with Gasteiger partial charge in [-0.15, -0.1) is 0 Å². The van der Waals surface area contributed by atoms with E-state index in [9.17, 15) is 13.2 Å². The highest BCUT2D eigenvalue weighted by atomic mass is 19.4. The summed E-state index contributed by atoms with van der Waals surface area (Å²) < 4.78 is 39.0. The molecule has 0 radical (unpaired) electrons. The Morgan fingerprint density at radius 1 is 1.07 bits per heavy atom. The van der Waals surface area contributed by atoms with Crippen molar-refractivity contribution in [3.05, 3.63) is 76.9 Å². The van der Waals surface area contributed by atoms with E-state index in [0.717, 1.165) is 24.0 Å². The van der Waals surface area contributed by atoms with Gasteiger partial charge in [-0.05, 0) is 60.1 Å². The highest BCUT2D eigenvalue weighted by molar-refractivity contribution is 5.70. The summed E-state index contributed by atoms with van der Waals surface area (Å²) in [6.07, 6.45) is -0.394. The Morgan fingerprint density at radius 2 is 1.78 bits per heavy atom. The standard InChI is InChI=1S/C23H26F3N/c1-15(2)22-14-18(13-20(27-22)12-17-7-5-4-6-8-17)21-10-9-19(11-16(21)3)23(24,25)26/h4-11,14-15,20,22,27H,12-13H2,1-3H3. The number of benzene rings is 2. The molecule has 0 saturated carbocycles. The van der Waals surface area contributed by atoms with Crippen LogP contribution in [0.25, 0.3) is 5.57 Å². The van der Waals surface area contributed by atoms with Crippen LogP contribution in [-0.2, 0) is 12.6 Å². The van der Waals surface area contributed by atoms with Gasteiger partial charge in [-0.1, -0.05) is 56.3 Å². The van der Waals surface area contributed by atoms with Crippen LogP contribution in [0.2, 0.25) is 0 Å². The van der Waals surface area contributed by atoms with E-state index in [0.29, 0.717) is 11.5 Å². The van der Waals surface area contributed by atoms with Gasteiger partial charge in [-0.25, -0.2) is 0 Å². The second-order valence-electron chi connectivity index (χ2n) is 7.75. The second kappa shape index (κ2) is 7.89. The van der Waals surface area contributed by atoms with Crippen molar-refractivity contribution in [1.82, 2.24) is 5.32 Å². The Labute approximate surface area is 159 Å². The van der Waals surface area contributed by atoms with Crippen LogP contribution >= 0.6 is 0 Å². The SMILES string of the molecule is Cc1cc(C(F)(F)F)ccc1C1=CC(C(C)C)NC(Cc2ccccc2)C1. The van der Waals surface area contributed by atoms with Crippen LogP contribution in [0, 0.1) is 12.8 Å². The fourth-order valence-corrected chi connectivity index (χ4v) is 3.74. The molecule has 0 fully saturated rings. The first kappa shape index (κ1) is 19.7. The van der Waals surface area contributed by atoms with Crippen LogP contribution in [0.1, 0.15) is 42.5 Å². The highest BCUT2D eigenvalue weighted by Crippen LogP contribution is 2.34. The summed E-state index contributed by atoms with van der Waals surface area (Å²) in [6, 6.07) is 14.9. The van der Waals surface area contributed by atoms with E-state index in [1.165, 1.54) is 17.7 Å².